The van der Waals surface area contributed by atoms with Crippen molar-refractivity contribution >= 4 is 5.97 Å². The van der Waals surface area contributed by atoms with Crippen molar-refractivity contribution in [3.63, 3.8) is 0 Å². The van der Waals surface area contributed by atoms with E-state index in [2.05, 4.69) is 12.2 Å². The number of nitrogens with one attached hydrogen (secondary N) is 1. The highest BCUT2D eigenvalue weighted by molar-refractivity contribution is 5.73. The molecule has 1 aliphatic rings. The molecule has 1 aromatic carbocycles. The van der Waals surface area contributed by atoms with E-state index in [1.807, 2.05) is 18.2 Å². The zero-order valence-corrected chi connectivity index (χ0v) is 11.4. The van der Waals surface area contributed by atoms with Crippen LogP contribution < -0.4 is 5.32 Å². The smallest absolute Gasteiger partial charge is 0.320 e. The van der Waals surface area contributed by atoms with Crippen LogP contribution >= 0.6 is 0 Å². The van der Waals surface area contributed by atoms with E-state index in [1.54, 1.807) is 6.07 Å². The van der Waals surface area contributed by atoms with Crippen LogP contribution in [0.15, 0.2) is 24.3 Å². The number of phenols is 1. The molecular formula is C15H23NO3. The predicted octanol–water partition coefficient (Wildman–Crippen LogP) is 2.56. The molecule has 0 bridgehead atoms. The van der Waals surface area contributed by atoms with Crippen LogP contribution in [0.4, 0.5) is 0 Å². The SMILES string of the molecule is CCCCc1ccccc1O.O=C(O)C1CCCN1. The summed E-state index contributed by atoms with van der Waals surface area (Å²) in [6.07, 6.45) is 5.10. The van der Waals surface area contributed by atoms with Gasteiger partial charge in [0.15, 0.2) is 0 Å². The van der Waals surface area contributed by atoms with Gasteiger partial charge in [0.25, 0.3) is 0 Å². The van der Waals surface area contributed by atoms with Crippen LogP contribution in [0.2, 0.25) is 0 Å². The van der Waals surface area contributed by atoms with Crippen molar-refractivity contribution in [3.8, 4) is 5.75 Å². The fourth-order valence-corrected chi connectivity index (χ4v) is 1.98. The topological polar surface area (TPSA) is 69.6 Å². The van der Waals surface area contributed by atoms with E-state index in [4.69, 9.17) is 5.11 Å². The van der Waals surface area contributed by atoms with Gasteiger partial charge >= 0.3 is 5.97 Å². The molecule has 19 heavy (non-hydrogen) atoms. The summed E-state index contributed by atoms with van der Waals surface area (Å²) < 4.78 is 0. The number of aryl methyl sites for hydroxylation is 1. The third-order valence-electron chi connectivity index (χ3n) is 3.15. The molecule has 4 heteroatoms. The van der Waals surface area contributed by atoms with Crippen LogP contribution in [0.3, 0.4) is 0 Å². The molecule has 4 nitrogen and oxygen atoms in total. The lowest BCUT2D eigenvalue weighted by atomic mass is 10.1. The highest BCUT2D eigenvalue weighted by Gasteiger charge is 2.20. The van der Waals surface area contributed by atoms with Gasteiger partial charge in [0, 0.05) is 0 Å². The Morgan fingerprint density at radius 3 is 2.63 bits per heavy atom. The zero-order chi connectivity index (χ0) is 14.1. The maximum atomic E-state index is 10.1. The quantitative estimate of drug-likeness (QED) is 0.782. The Labute approximate surface area is 114 Å². The molecule has 3 N–H and O–H groups in total. The number of carbonyl (C=O) groups is 1. The summed E-state index contributed by atoms with van der Waals surface area (Å²) in [4.78, 5) is 10.1. The summed E-state index contributed by atoms with van der Waals surface area (Å²) in [5.41, 5.74) is 1.06. The van der Waals surface area contributed by atoms with E-state index >= 15 is 0 Å². The lowest BCUT2D eigenvalue weighted by molar-refractivity contribution is -0.139. The number of unbranched alkanes of at least 4 members (excludes halogenated alkanes) is 1. The number of aromatic hydroxyl groups is 1. The number of carboxylic acid groups (broad SMARTS) is 1. The Hall–Kier alpha value is -1.55. The predicted molar refractivity (Wildman–Crippen MR) is 75.4 cm³/mol. The van der Waals surface area contributed by atoms with Crippen molar-refractivity contribution in [1.82, 2.24) is 5.32 Å². The van der Waals surface area contributed by atoms with Gasteiger partial charge in [-0.15, -0.1) is 0 Å². The van der Waals surface area contributed by atoms with Crippen molar-refractivity contribution < 1.29 is 15.0 Å². The number of aliphatic carboxylic acids is 1. The van der Waals surface area contributed by atoms with Crippen molar-refractivity contribution in [1.29, 1.82) is 0 Å². The minimum absolute atomic E-state index is 0.269. The van der Waals surface area contributed by atoms with Crippen molar-refractivity contribution in [2.75, 3.05) is 6.54 Å². The van der Waals surface area contributed by atoms with Gasteiger partial charge in [-0.3, -0.25) is 4.79 Å². The average molecular weight is 265 g/mol. The molecule has 0 saturated carbocycles. The van der Waals surface area contributed by atoms with Crippen LogP contribution in [0.5, 0.6) is 5.75 Å². The van der Waals surface area contributed by atoms with Crippen LogP contribution in [-0.4, -0.2) is 28.8 Å². The molecule has 1 aliphatic heterocycles. The fourth-order valence-electron chi connectivity index (χ4n) is 1.98. The summed E-state index contributed by atoms with van der Waals surface area (Å²) >= 11 is 0. The number of rotatable bonds is 4. The summed E-state index contributed by atoms with van der Waals surface area (Å²) in [5.74, 6) is -0.288. The molecule has 1 atom stereocenters. The van der Waals surface area contributed by atoms with Gasteiger partial charge in [0.2, 0.25) is 0 Å². The standard InChI is InChI=1S/C10H14O.C5H9NO2/c1-2-3-6-9-7-4-5-8-10(9)11;7-5(8)4-2-1-3-6-4/h4-5,7-8,11H,2-3,6H2,1H3;4,6H,1-3H2,(H,7,8). The number of hydrogen-bond acceptors (Lipinski definition) is 3. The Bertz CT molecular complexity index is 387. The monoisotopic (exact) mass is 265 g/mol. The number of para-hydroxylation sites is 1. The second-order valence-electron chi connectivity index (χ2n) is 4.72. The molecule has 1 aromatic rings. The van der Waals surface area contributed by atoms with E-state index in [1.165, 1.54) is 6.42 Å². The number of phenolic OH excluding ortho intramolecular Hbond substituents is 1. The minimum atomic E-state index is -0.720. The highest BCUT2D eigenvalue weighted by atomic mass is 16.4. The maximum Gasteiger partial charge on any atom is 0.320 e. The Balaban J connectivity index is 0.000000200. The number of hydrogen-bond donors (Lipinski definition) is 3. The Morgan fingerprint density at radius 1 is 1.42 bits per heavy atom. The van der Waals surface area contributed by atoms with Crippen molar-refractivity contribution in [2.45, 2.75) is 45.1 Å². The van der Waals surface area contributed by atoms with E-state index in [0.717, 1.165) is 37.8 Å². The van der Waals surface area contributed by atoms with Crippen LogP contribution in [0.25, 0.3) is 0 Å². The normalized spacial score (nSPS) is 17.6. The van der Waals surface area contributed by atoms with Crippen LogP contribution in [0, 0.1) is 0 Å². The summed E-state index contributed by atoms with van der Waals surface area (Å²) in [6.45, 7) is 3.01. The van der Waals surface area contributed by atoms with Gasteiger partial charge in [-0.2, -0.15) is 0 Å². The van der Waals surface area contributed by atoms with E-state index in [-0.39, 0.29) is 6.04 Å². The molecule has 0 amide bonds. The minimum Gasteiger partial charge on any atom is -0.508 e. The molecule has 1 saturated heterocycles. The third kappa shape index (κ3) is 5.75. The van der Waals surface area contributed by atoms with Gasteiger partial charge in [-0.1, -0.05) is 31.5 Å². The number of benzene rings is 1. The Kier molecular flexibility index (Phi) is 6.97. The molecule has 0 spiro atoms. The van der Waals surface area contributed by atoms with E-state index < -0.39 is 5.97 Å². The molecule has 0 aliphatic carbocycles. The lowest BCUT2D eigenvalue weighted by Crippen LogP contribution is -2.29. The van der Waals surface area contributed by atoms with Crippen LogP contribution in [0.1, 0.15) is 38.2 Å². The zero-order valence-electron chi connectivity index (χ0n) is 11.4. The van der Waals surface area contributed by atoms with E-state index in [0.29, 0.717) is 5.75 Å². The summed E-state index contributed by atoms with van der Waals surface area (Å²) in [5, 5.41) is 20.5. The number of carboxylic acids is 1. The second-order valence-corrected chi connectivity index (χ2v) is 4.72. The van der Waals surface area contributed by atoms with Gasteiger partial charge in [-0.05, 0) is 43.9 Å². The van der Waals surface area contributed by atoms with Crippen molar-refractivity contribution in [3.05, 3.63) is 29.8 Å². The molecule has 1 fully saturated rings. The largest absolute Gasteiger partial charge is 0.508 e. The molecule has 0 aromatic heterocycles. The first-order chi connectivity index (χ1) is 9.15. The van der Waals surface area contributed by atoms with Crippen molar-refractivity contribution in [2.24, 2.45) is 0 Å². The summed E-state index contributed by atoms with van der Waals surface area (Å²) in [6, 6.07) is 7.26. The average Bonchev–Trinajstić information content (AvgIpc) is 2.93. The first-order valence-corrected chi connectivity index (χ1v) is 6.88. The fraction of sp³-hybridized carbons (Fsp3) is 0.533. The van der Waals surface area contributed by atoms with Gasteiger partial charge in [-0.25, -0.2) is 0 Å². The lowest BCUT2D eigenvalue weighted by Gasteiger charge is -2.01. The molecule has 106 valence electrons. The third-order valence-corrected chi connectivity index (χ3v) is 3.15. The maximum absolute atomic E-state index is 10.1. The molecule has 1 heterocycles. The van der Waals surface area contributed by atoms with Gasteiger partial charge in [0.1, 0.15) is 11.8 Å². The van der Waals surface area contributed by atoms with E-state index in [9.17, 15) is 9.90 Å². The molecule has 2 rings (SSSR count). The first-order valence-electron chi connectivity index (χ1n) is 6.88. The Morgan fingerprint density at radius 2 is 2.16 bits per heavy atom. The highest BCUT2D eigenvalue weighted by Crippen LogP contribution is 2.17. The summed E-state index contributed by atoms with van der Waals surface area (Å²) in [7, 11) is 0. The molecular weight excluding hydrogens is 242 g/mol. The molecule has 1 unspecified atom stereocenters. The van der Waals surface area contributed by atoms with Crippen LogP contribution in [-0.2, 0) is 11.2 Å². The first kappa shape index (κ1) is 15.5. The second kappa shape index (κ2) is 8.53. The van der Waals surface area contributed by atoms with Gasteiger partial charge in [0.05, 0.1) is 0 Å². The molecule has 0 radical (unpaired) electrons. The van der Waals surface area contributed by atoms with Gasteiger partial charge < -0.3 is 15.5 Å².